The van der Waals surface area contributed by atoms with Gasteiger partial charge in [0.2, 0.25) is 5.91 Å². The Morgan fingerprint density at radius 2 is 1.92 bits per heavy atom. The van der Waals surface area contributed by atoms with Crippen LogP contribution in [0.5, 0.6) is 5.75 Å². The molecule has 1 saturated carbocycles. The van der Waals surface area contributed by atoms with Crippen molar-refractivity contribution in [2.24, 2.45) is 5.92 Å². The first-order valence-electron chi connectivity index (χ1n) is 14.1. The van der Waals surface area contributed by atoms with Crippen molar-refractivity contribution in [2.75, 3.05) is 50.8 Å². The Morgan fingerprint density at radius 1 is 1.10 bits per heavy atom. The molecular weight excluding hydrogens is 492 g/mol. The number of fused-ring (bicyclic) bond motifs is 1. The molecule has 1 aliphatic carbocycles. The fourth-order valence-electron chi connectivity index (χ4n) is 6.12. The maximum Gasteiger partial charge on any atom is 0.220 e. The Hall–Kier alpha value is -3.61. The monoisotopic (exact) mass is 526 g/mol. The molecule has 9 nitrogen and oxygen atoms in total. The summed E-state index contributed by atoms with van der Waals surface area (Å²) in [4.78, 5) is 21.4. The van der Waals surface area contributed by atoms with Crippen molar-refractivity contribution in [3.8, 4) is 22.9 Å². The van der Waals surface area contributed by atoms with Gasteiger partial charge in [-0.05, 0) is 55.2 Å². The maximum atomic E-state index is 11.8. The SMILES string of the molecule is CC(Oc1cc(-c2ccc(N3CCN(C4COC4)CC3)c(C#N)c2)cc2ncn(C3CC3)c12)C1CNC(=O)C1. The van der Waals surface area contributed by atoms with Gasteiger partial charge in [-0.1, -0.05) is 6.07 Å². The summed E-state index contributed by atoms with van der Waals surface area (Å²) in [6.07, 6.45) is 4.59. The average molecular weight is 527 g/mol. The molecule has 3 saturated heterocycles. The van der Waals surface area contributed by atoms with E-state index in [0.29, 0.717) is 30.6 Å². The van der Waals surface area contributed by atoms with Crippen LogP contribution in [0, 0.1) is 17.2 Å². The molecule has 0 radical (unpaired) electrons. The molecule has 4 heterocycles. The van der Waals surface area contributed by atoms with E-state index < -0.39 is 0 Å². The number of benzene rings is 2. The Balaban J connectivity index is 1.19. The van der Waals surface area contributed by atoms with Crippen LogP contribution >= 0.6 is 0 Å². The van der Waals surface area contributed by atoms with Crippen molar-refractivity contribution in [1.82, 2.24) is 19.8 Å². The molecule has 3 aromatic rings. The number of ether oxygens (including phenoxy) is 2. The molecule has 7 rings (SSSR count). The second-order valence-electron chi connectivity index (χ2n) is 11.4. The smallest absolute Gasteiger partial charge is 0.220 e. The standard InChI is InChI=1S/C30H34N6O3/c1-19(23-13-29(37)32-15-23)39-28-12-21(11-26-30(28)36(18-33-26)24-3-4-24)20-2-5-27(22(10-20)14-31)35-8-6-34(7-9-35)25-16-38-17-25/h2,5,10-12,18-19,23-25H,3-4,6-9,13,15-17H2,1H3,(H,32,37). The van der Waals surface area contributed by atoms with Gasteiger partial charge in [0.15, 0.2) is 0 Å². The van der Waals surface area contributed by atoms with E-state index in [4.69, 9.17) is 14.5 Å². The number of rotatable bonds is 7. The van der Waals surface area contributed by atoms with E-state index in [-0.39, 0.29) is 17.9 Å². The summed E-state index contributed by atoms with van der Waals surface area (Å²) in [5.74, 6) is 1.01. The highest BCUT2D eigenvalue weighted by molar-refractivity contribution is 5.89. The number of piperazine rings is 1. The van der Waals surface area contributed by atoms with Gasteiger partial charge in [0, 0.05) is 51.1 Å². The number of amides is 1. The minimum Gasteiger partial charge on any atom is -0.488 e. The molecule has 1 N–H and O–H groups in total. The third-order valence-electron chi connectivity index (χ3n) is 8.80. The highest BCUT2D eigenvalue weighted by Crippen LogP contribution is 2.42. The number of nitriles is 1. The summed E-state index contributed by atoms with van der Waals surface area (Å²) in [5.41, 5.74) is 5.53. The van der Waals surface area contributed by atoms with Crippen molar-refractivity contribution in [1.29, 1.82) is 5.26 Å². The molecule has 2 unspecified atom stereocenters. The number of nitrogens with one attached hydrogen (secondary N) is 1. The van der Waals surface area contributed by atoms with E-state index in [2.05, 4.69) is 50.0 Å². The predicted octanol–water partition coefficient (Wildman–Crippen LogP) is 3.33. The molecule has 4 fully saturated rings. The molecule has 3 aliphatic heterocycles. The van der Waals surface area contributed by atoms with Gasteiger partial charge in [-0.15, -0.1) is 0 Å². The van der Waals surface area contributed by atoms with Crippen LogP contribution in [0.25, 0.3) is 22.2 Å². The summed E-state index contributed by atoms with van der Waals surface area (Å²) in [7, 11) is 0. The minimum absolute atomic E-state index is 0.0833. The van der Waals surface area contributed by atoms with Crippen LogP contribution in [0.2, 0.25) is 0 Å². The van der Waals surface area contributed by atoms with E-state index >= 15 is 0 Å². The molecule has 0 spiro atoms. The molecule has 9 heteroatoms. The van der Waals surface area contributed by atoms with Gasteiger partial charge in [0.25, 0.3) is 0 Å². The number of hydrogen-bond acceptors (Lipinski definition) is 7. The quantitative estimate of drug-likeness (QED) is 0.505. The summed E-state index contributed by atoms with van der Waals surface area (Å²) < 4.78 is 14.2. The lowest BCUT2D eigenvalue weighted by Crippen LogP contribution is -2.56. The van der Waals surface area contributed by atoms with E-state index in [1.54, 1.807) is 0 Å². The lowest BCUT2D eigenvalue weighted by Gasteiger charge is -2.43. The summed E-state index contributed by atoms with van der Waals surface area (Å²) in [6.45, 7) is 8.14. The zero-order valence-corrected chi connectivity index (χ0v) is 22.3. The number of hydrogen-bond donors (Lipinski definition) is 1. The van der Waals surface area contributed by atoms with E-state index in [1.165, 1.54) is 0 Å². The zero-order chi connectivity index (χ0) is 26.5. The molecular formula is C30H34N6O3. The van der Waals surface area contributed by atoms with Gasteiger partial charge >= 0.3 is 0 Å². The van der Waals surface area contributed by atoms with Crippen molar-refractivity contribution < 1.29 is 14.3 Å². The third kappa shape index (κ3) is 4.62. The Kier molecular flexibility index (Phi) is 6.17. The molecule has 39 heavy (non-hydrogen) atoms. The first-order valence-corrected chi connectivity index (χ1v) is 14.1. The van der Waals surface area contributed by atoms with Gasteiger partial charge in [0.05, 0.1) is 42.4 Å². The Morgan fingerprint density at radius 3 is 2.59 bits per heavy atom. The largest absolute Gasteiger partial charge is 0.488 e. The summed E-state index contributed by atoms with van der Waals surface area (Å²) in [5, 5.41) is 13.0. The van der Waals surface area contributed by atoms with Crippen LogP contribution in [-0.2, 0) is 9.53 Å². The molecule has 1 amide bonds. The highest BCUT2D eigenvalue weighted by Gasteiger charge is 2.32. The Labute approximate surface area is 228 Å². The van der Waals surface area contributed by atoms with E-state index in [0.717, 1.165) is 85.8 Å². The maximum absolute atomic E-state index is 11.8. The van der Waals surface area contributed by atoms with Crippen LogP contribution in [0.4, 0.5) is 5.69 Å². The van der Waals surface area contributed by atoms with Crippen LogP contribution in [0.3, 0.4) is 0 Å². The molecule has 1 aromatic heterocycles. The average Bonchev–Trinajstić information content (AvgIpc) is 3.52. The van der Waals surface area contributed by atoms with E-state index in [9.17, 15) is 10.1 Å². The van der Waals surface area contributed by atoms with Crippen molar-refractivity contribution in [3.63, 3.8) is 0 Å². The van der Waals surface area contributed by atoms with E-state index in [1.807, 2.05) is 19.3 Å². The van der Waals surface area contributed by atoms with Gasteiger partial charge in [0.1, 0.15) is 23.4 Å². The van der Waals surface area contributed by atoms with Crippen LogP contribution < -0.4 is 15.0 Å². The van der Waals surface area contributed by atoms with Crippen molar-refractivity contribution in [2.45, 2.75) is 44.4 Å². The molecule has 2 atom stereocenters. The van der Waals surface area contributed by atoms with Gasteiger partial charge < -0.3 is 24.3 Å². The number of anilines is 1. The van der Waals surface area contributed by atoms with Crippen molar-refractivity contribution >= 4 is 22.6 Å². The molecule has 0 bridgehead atoms. The first kappa shape index (κ1) is 24.4. The summed E-state index contributed by atoms with van der Waals surface area (Å²) >= 11 is 0. The van der Waals surface area contributed by atoms with Crippen LogP contribution in [-0.4, -0.2) is 78.4 Å². The normalized spacial score (nSPS) is 22.9. The zero-order valence-electron chi connectivity index (χ0n) is 22.3. The number of aromatic nitrogens is 2. The molecule has 2 aromatic carbocycles. The van der Waals surface area contributed by atoms with Gasteiger partial charge in [-0.2, -0.15) is 5.26 Å². The fraction of sp³-hybridized carbons (Fsp3) is 0.500. The Bertz CT molecular complexity index is 1440. The third-order valence-corrected chi connectivity index (χ3v) is 8.80. The van der Waals surface area contributed by atoms with Gasteiger partial charge in [-0.25, -0.2) is 4.98 Å². The second kappa shape index (κ2) is 9.85. The number of carbonyl (C=O) groups is 1. The first-order chi connectivity index (χ1) is 19.1. The predicted molar refractivity (Wildman–Crippen MR) is 148 cm³/mol. The fourth-order valence-corrected chi connectivity index (χ4v) is 6.12. The lowest BCUT2D eigenvalue weighted by molar-refractivity contribution is -0.119. The van der Waals surface area contributed by atoms with Crippen molar-refractivity contribution in [3.05, 3.63) is 42.2 Å². The van der Waals surface area contributed by atoms with Crippen LogP contribution in [0.1, 0.15) is 37.8 Å². The number of carbonyl (C=O) groups excluding carboxylic acids is 1. The lowest BCUT2D eigenvalue weighted by atomic mass is 10.00. The topological polar surface area (TPSA) is 95.7 Å². The molecule has 202 valence electrons. The number of imidazole rings is 1. The summed E-state index contributed by atoms with van der Waals surface area (Å²) in [6, 6.07) is 13.8. The van der Waals surface area contributed by atoms with Crippen LogP contribution in [0.15, 0.2) is 36.7 Å². The minimum atomic E-state index is -0.118. The molecule has 4 aliphatic rings. The second-order valence-corrected chi connectivity index (χ2v) is 11.4. The number of nitrogens with zero attached hydrogens (tertiary/aromatic N) is 5. The van der Waals surface area contributed by atoms with Gasteiger partial charge in [-0.3, -0.25) is 9.69 Å². The highest BCUT2D eigenvalue weighted by atomic mass is 16.5.